The molecule has 0 atom stereocenters. The van der Waals surface area contributed by atoms with Gasteiger partial charge in [-0.25, -0.2) is 4.98 Å². The number of benzene rings is 1. The summed E-state index contributed by atoms with van der Waals surface area (Å²) in [5.74, 6) is 0.241. The highest BCUT2D eigenvalue weighted by molar-refractivity contribution is 7.90. The molecule has 0 aliphatic heterocycles. The van der Waals surface area contributed by atoms with Gasteiger partial charge in [0.05, 0.1) is 10.7 Å². The number of sulfonamides is 1. The van der Waals surface area contributed by atoms with E-state index in [9.17, 15) is 8.42 Å². The fraction of sp³-hybridized carbons (Fsp3) is 0.154. The van der Waals surface area contributed by atoms with Gasteiger partial charge in [-0.2, -0.15) is 13.4 Å². The van der Waals surface area contributed by atoms with Crippen molar-refractivity contribution in [2.75, 3.05) is 0 Å². The van der Waals surface area contributed by atoms with Gasteiger partial charge in [0.2, 0.25) is 0 Å². The second kappa shape index (κ2) is 5.22. The summed E-state index contributed by atoms with van der Waals surface area (Å²) in [7, 11) is -4.02. The topological polar surface area (TPSA) is 89.8 Å². The zero-order valence-electron chi connectivity index (χ0n) is 11.7. The minimum absolute atomic E-state index is 0.0835. The molecule has 22 heavy (non-hydrogen) atoms. The SMILES string of the molecule is Cc1cc(C)n2o/c(=N\S(=O)(=O)c3ccccc3Cl)nc2n1. The van der Waals surface area contributed by atoms with Crippen LogP contribution in [0.3, 0.4) is 0 Å². The van der Waals surface area contributed by atoms with Crippen LogP contribution in [-0.4, -0.2) is 23.0 Å². The number of halogens is 1. The molecule has 9 heteroatoms. The van der Waals surface area contributed by atoms with Gasteiger partial charge in [0.1, 0.15) is 4.90 Å². The Bertz CT molecular complexity index is 1040. The average molecular weight is 339 g/mol. The van der Waals surface area contributed by atoms with E-state index in [4.69, 9.17) is 16.1 Å². The Morgan fingerprint density at radius 3 is 2.68 bits per heavy atom. The third-order valence-electron chi connectivity index (χ3n) is 2.88. The monoisotopic (exact) mass is 338 g/mol. The molecule has 0 bridgehead atoms. The van der Waals surface area contributed by atoms with Gasteiger partial charge in [-0.3, -0.25) is 0 Å². The lowest BCUT2D eigenvalue weighted by molar-refractivity contribution is 0.329. The largest absolute Gasteiger partial charge is 0.358 e. The molecule has 1 aromatic carbocycles. The molecule has 7 nitrogen and oxygen atoms in total. The minimum Gasteiger partial charge on any atom is -0.329 e. The number of nitrogens with zero attached hydrogens (tertiary/aromatic N) is 4. The van der Waals surface area contributed by atoms with Gasteiger partial charge in [-0.1, -0.05) is 23.7 Å². The molecule has 0 saturated carbocycles. The lowest BCUT2D eigenvalue weighted by atomic mass is 10.4. The van der Waals surface area contributed by atoms with Crippen LogP contribution < -0.4 is 5.68 Å². The molecule has 3 aromatic rings. The zero-order valence-corrected chi connectivity index (χ0v) is 13.3. The van der Waals surface area contributed by atoms with E-state index < -0.39 is 10.0 Å². The van der Waals surface area contributed by atoms with E-state index in [0.29, 0.717) is 0 Å². The van der Waals surface area contributed by atoms with Gasteiger partial charge in [0.15, 0.2) is 0 Å². The lowest BCUT2D eigenvalue weighted by Crippen LogP contribution is -2.08. The summed E-state index contributed by atoms with van der Waals surface area (Å²) < 4.78 is 34.7. The molecule has 0 aliphatic carbocycles. The maximum Gasteiger partial charge on any atom is 0.358 e. The van der Waals surface area contributed by atoms with Crippen LogP contribution >= 0.6 is 11.6 Å². The molecular formula is C13H11ClN4O3S. The van der Waals surface area contributed by atoms with Crippen LogP contribution in [0.1, 0.15) is 11.4 Å². The van der Waals surface area contributed by atoms with Crippen molar-refractivity contribution in [2.24, 2.45) is 4.40 Å². The lowest BCUT2D eigenvalue weighted by Gasteiger charge is -1.98. The maximum absolute atomic E-state index is 12.3. The van der Waals surface area contributed by atoms with E-state index in [2.05, 4.69) is 14.4 Å². The summed E-state index contributed by atoms with van der Waals surface area (Å²) in [4.78, 5) is 8.02. The van der Waals surface area contributed by atoms with E-state index >= 15 is 0 Å². The van der Waals surface area contributed by atoms with Crippen LogP contribution in [0, 0.1) is 13.8 Å². The van der Waals surface area contributed by atoms with Crippen molar-refractivity contribution in [3.63, 3.8) is 0 Å². The van der Waals surface area contributed by atoms with E-state index in [1.807, 2.05) is 0 Å². The van der Waals surface area contributed by atoms with Crippen LogP contribution in [0.5, 0.6) is 0 Å². The molecule has 114 valence electrons. The van der Waals surface area contributed by atoms with Gasteiger partial charge in [0, 0.05) is 5.69 Å². The molecule has 0 N–H and O–H groups in total. The highest BCUT2D eigenvalue weighted by Crippen LogP contribution is 2.21. The van der Waals surface area contributed by atoms with Gasteiger partial charge >= 0.3 is 5.68 Å². The number of fused-ring (bicyclic) bond motifs is 1. The minimum atomic E-state index is -4.02. The molecule has 0 spiro atoms. The number of hydrogen-bond donors (Lipinski definition) is 0. The number of hydrogen-bond acceptors (Lipinski definition) is 5. The Hall–Kier alpha value is -2.19. The average Bonchev–Trinajstić information content (AvgIpc) is 2.80. The maximum atomic E-state index is 12.3. The highest BCUT2D eigenvalue weighted by Gasteiger charge is 2.17. The number of aromatic nitrogens is 3. The predicted octanol–water partition coefficient (Wildman–Crippen LogP) is 1.88. The second-order valence-corrected chi connectivity index (χ2v) is 6.60. The van der Waals surface area contributed by atoms with E-state index in [-0.39, 0.29) is 21.4 Å². The van der Waals surface area contributed by atoms with Crippen LogP contribution in [0.2, 0.25) is 5.02 Å². The van der Waals surface area contributed by atoms with Crippen LogP contribution in [0.25, 0.3) is 5.78 Å². The van der Waals surface area contributed by atoms with Crippen LogP contribution in [-0.2, 0) is 10.0 Å². The first-order valence-electron chi connectivity index (χ1n) is 6.27. The Morgan fingerprint density at radius 2 is 1.95 bits per heavy atom. The standard InChI is InChI=1S/C13H11ClN4O3S/c1-8-7-9(2)18-12(15-8)16-13(21-18)17-22(19,20)11-6-4-3-5-10(11)14/h3-7H,1-2H3/b17-13-. The smallest absolute Gasteiger partial charge is 0.329 e. The van der Waals surface area contributed by atoms with Crippen molar-refractivity contribution in [3.05, 3.63) is 52.4 Å². The molecule has 2 heterocycles. The van der Waals surface area contributed by atoms with Crippen molar-refractivity contribution < 1.29 is 12.9 Å². The quantitative estimate of drug-likeness (QED) is 0.711. The highest BCUT2D eigenvalue weighted by atomic mass is 35.5. The van der Waals surface area contributed by atoms with Gasteiger partial charge < -0.3 is 4.52 Å². The first-order chi connectivity index (χ1) is 10.4. The van der Waals surface area contributed by atoms with Gasteiger partial charge in [0.25, 0.3) is 15.8 Å². The second-order valence-electron chi connectivity index (χ2n) is 4.62. The normalized spacial score (nSPS) is 13.0. The summed E-state index contributed by atoms with van der Waals surface area (Å²) in [6, 6.07) is 7.81. The fourth-order valence-corrected chi connectivity index (χ4v) is 3.34. The zero-order chi connectivity index (χ0) is 15.9. The predicted molar refractivity (Wildman–Crippen MR) is 78.9 cm³/mol. The van der Waals surface area contributed by atoms with Gasteiger partial charge in [-0.15, -0.1) is 8.97 Å². The fourth-order valence-electron chi connectivity index (χ4n) is 1.97. The van der Waals surface area contributed by atoms with Gasteiger partial charge in [-0.05, 0) is 32.0 Å². The molecule has 0 amide bonds. The molecule has 0 unspecified atom stereocenters. The van der Waals surface area contributed by atoms with Crippen molar-refractivity contribution in [3.8, 4) is 0 Å². The summed E-state index contributed by atoms with van der Waals surface area (Å²) in [5.41, 5.74) is 1.17. The summed E-state index contributed by atoms with van der Waals surface area (Å²) in [6.07, 6.45) is 0. The first kappa shape index (κ1) is 14.7. The Kier molecular flexibility index (Phi) is 3.50. The summed E-state index contributed by atoms with van der Waals surface area (Å²) in [5, 5.41) is 0.0835. The third-order valence-corrected chi connectivity index (χ3v) is 4.63. The molecule has 0 aliphatic rings. The van der Waals surface area contributed by atoms with E-state index in [1.54, 1.807) is 32.0 Å². The Labute approximate surface area is 130 Å². The molecule has 0 saturated heterocycles. The summed E-state index contributed by atoms with van der Waals surface area (Å²) in [6.45, 7) is 3.60. The molecule has 0 fully saturated rings. The van der Waals surface area contributed by atoms with Crippen LogP contribution in [0.15, 0.2) is 44.1 Å². The third kappa shape index (κ3) is 2.62. The van der Waals surface area contributed by atoms with Crippen LogP contribution in [0.4, 0.5) is 0 Å². The van der Waals surface area contributed by atoms with Crippen molar-refractivity contribution in [1.29, 1.82) is 0 Å². The molecular weight excluding hydrogens is 328 g/mol. The molecule has 2 aromatic heterocycles. The van der Waals surface area contributed by atoms with E-state index in [1.165, 1.54) is 16.7 Å². The number of aryl methyl sites for hydroxylation is 2. The molecule has 3 rings (SSSR count). The van der Waals surface area contributed by atoms with E-state index in [0.717, 1.165) is 11.4 Å². The van der Waals surface area contributed by atoms with Crippen molar-refractivity contribution in [2.45, 2.75) is 18.7 Å². The summed E-state index contributed by atoms with van der Waals surface area (Å²) >= 11 is 5.89. The Balaban J connectivity index is 2.20. The van der Waals surface area contributed by atoms with Crippen molar-refractivity contribution in [1.82, 2.24) is 14.5 Å². The molecule has 0 radical (unpaired) electrons. The first-order valence-corrected chi connectivity index (χ1v) is 8.08. The Morgan fingerprint density at radius 1 is 1.23 bits per heavy atom. The van der Waals surface area contributed by atoms with Crippen molar-refractivity contribution >= 4 is 27.4 Å². The number of rotatable bonds is 2.